The van der Waals surface area contributed by atoms with Crippen molar-refractivity contribution in [1.82, 2.24) is 10.2 Å². The molecular weight excluding hydrogens is 800 g/mol. The Morgan fingerprint density at radius 3 is 1.65 bits per heavy atom. The van der Waals surface area contributed by atoms with Gasteiger partial charge < -0.3 is 23.8 Å². The maximum absolute atomic E-state index is 14.7. The van der Waals surface area contributed by atoms with E-state index in [-0.39, 0.29) is 71.2 Å². The molecule has 1 amide bonds. The van der Waals surface area contributed by atoms with Gasteiger partial charge in [0.15, 0.2) is 23.1 Å². The fourth-order valence-electron chi connectivity index (χ4n) is 8.13. The second-order valence-electron chi connectivity index (χ2n) is 16.4. The molecule has 0 aliphatic carbocycles. The Labute approximate surface area is 351 Å². The summed E-state index contributed by atoms with van der Waals surface area (Å²) in [5, 5.41) is 4.37. The van der Waals surface area contributed by atoms with Crippen molar-refractivity contribution in [3.8, 4) is 0 Å². The van der Waals surface area contributed by atoms with Gasteiger partial charge in [-0.05, 0) is 99.8 Å². The summed E-state index contributed by atoms with van der Waals surface area (Å²) in [6.07, 6.45) is 1.65. The van der Waals surface area contributed by atoms with Gasteiger partial charge in [0.1, 0.15) is 40.0 Å². The van der Waals surface area contributed by atoms with Gasteiger partial charge in [-0.1, -0.05) is 24.3 Å². The fraction of sp³-hybridized carbons (Fsp3) is 0.340. The molecule has 2 atom stereocenters. The lowest BCUT2D eigenvalue weighted by Crippen LogP contribution is -2.35. The van der Waals surface area contributed by atoms with E-state index in [0.717, 1.165) is 25.1 Å². The number of ketones is 2. The van der Waals surface area contributed by atoms with E-state index in [1.165, 1.54) is 62.4 Å². The molecule has 4 heterocycles. The lowest BCUT2D eigenvalue weighted by molar-refractivity contribution is 0.0292. The van der Waals surface area contributed by atoms with Gasteiger partial charge in [0.05, 0.1) is 0 Å². The first-order chi connectivity index (χ1) is 28.0. The number of carbonyl (C=O) groups is 3. The molecule has 2 unspecified atom stereocenters. The van der Waals surface area contributed by atoms with Gasteiger partial charge in [0, 0.05) is 91.2 Å². The molecule has 2 aromatic heterocycles. The molecule has 4 aromatic carbocycles. The first kappa shape index (κ1) is 44.1. The Hall–Kier alpha value is -5.46. The zero-order valence-corrected chi connectivity index (χ0v) is 34.9. The zero-order valence-electron chi connectivity index (χ0n) is 34.1. The third-order valence-electron chi connectivity index (χ3n) is 10.7. The Balaban J connectivity index is 0.000000203. The van der Waals surface area contributed by atoms with Gasteiger partial charge in [0.25, 0.3) is 0 Å². The quantitative estimate of drug-likeness (QED) is 0.120. The number of benzene rings is 4. The van der Waals surface area contributed by atoms with Crippen LogP contribution >= 0.6 is 12.4 Å². The summed E-state index contributed by atoms with van der Waals surface area (Å²) in [5.74, 6) is -1.68. The summed E-state index contributed by atoms with van der Waals surface area (Å²) in [7, 11) is 0. The molecule has 2 saturated heterocycles. The summed E-state index contributed by atoms with van der Waals surface area (Å²) in [4.78, 5) is 38.6. The van der Waals surface area contributed by atoms with Gasteiger partial charge in [-0.3, -0.25) is 9.59 Å². The minimum atomic E-state index is -0.607. The Morgan fingerprint density at radius 1 is 0.717 bits per heavy atom. The van der Waals surface area contributed by atoms with Crippen LogP contribution in [0.1, 0.15) is 114 Å². The number of halogens is 5. The average Bonchev–Trinajstić information content (AvgIpc) is 3.98. The van der Waals surface area contributed by atoms with Crippen LogP contribution in [-0.2, 0) is 17.6 Å². The number of nitrogens with zero attached hydrogens (tertiary/aromatic N) is 1. The summed E-state index contributed by atoms with van der Waals surface area (Å²) >= 11 is 0. The van der Waals surface area contributed by atoms with Gasteiger partial charge in [0.2, 0.25) is 0 Å². The lowest BCUT2D eigenvalue weighted by Gasteiger charge is -2.24. The van der Waals surface area contributed by atoms with E-state index in [9.17, 15) is 31.9 Å². The van der Waals surface area contributed by atoms with Crippen LogP contribution in [0.4, 0.5) is 22.4 Å². The highest BCUT2D eigenvalue weighted by atomic mass is 35.5. The van der Waals surface area contributed by atoms with E-state index < -0.39 is 17.5 Å². The van der Waals surface area contributed by atoms with Crippen molar-refractivity contribution in [1.29, 1.82) is 0 Å². The molecule has 316 valence electrons. The summed E-state index contributed by atoms with van der Waals surface area (Å²) < 4.78 is 73.7. The molecule has 6 aromatic rings. The highest BCUT2D eigenvalue weighted by molar-refractivity contribution is 6.01. The van der Waals surface area contributed by atoms with Crippen molar-refractivity contribution in [2.45, 2.75) is 77.7 Å². The van der Waals surface area contributed by atoms with Crippen LogP contribution in [0.25, 0.3) is 21.9 Å². The molecule has 0 saturated carbocycles. The largest absolute Gasteiger partial charge is 0.452 e. The van der Waals surface area contributed by atoms with Crippen molar-refractivity contribution in [3.63, 3.8) is 0 Å². The minimum absolute atomic E-state index is 0. The molecule has 0 radical (unpaired) electrons. The van der Waals surface area contributed by atoms with Crippen molar-refractivity contribution in [3.05, 3.63) is 141 Å². The number of amides is 1. The maximum atomic E-state index is 14.7. The summed E-state index contributed by atoms with van der Waals surface area (Å²) in [6, 6.07) is 17.9. The number of furan rings is 2. The predicted molar refractivity (Wildman–Crippen MR) is 223 cm³/mol. The number of nitrogens with one attached hydrogen (secondary N) is 1. The van der Waals surface area contributed by atoms with E-state index >= 15 is 0 Å². The Morgan fingerprint density at radius 2 is 1.22 bits per heavy atom. The van der Waals surface area contributed by atoms with Crippen LogP contribution in [0.2, 0.25) is 0 Å². The standard InChI is InChI=1S/C26H27F2NO4.C21H19F2NO2.ClH/c1-15(30)23-21(11-16-6-5-7-18(27)10-16)22-13-19(28)12-20(24(22)32-23)17-8-9-29(14-17)25(31)33-26(2,3)4;1-12(25)20-18(8-13-3-2-4-15(22)7-13)19-10-16(23)9-17(21(19)26-20)14-5-6-24-11-14;/h5-7,10,12-13,17H,8-9,11,14H2,1-4H3;2-4,7,9-10,14,24H,5-6,8,11H2,1H3;1H. The van der Waals surface area contributed by atoms with Gasteiger partial charge in [-0.25, -0.2) is 22.4 Å². The molecule has 8 rings (SSSR count). The number of ether oxygens (including phenoxy) is 1. The molecule has 13 heteroatoms. The van der Waals surface area contributed by atoms with E-state index in [4.69, 9.17) is 13.6 Å². The molecule has 2 aliphatic heterocycles. The van der Waals surface area contributed by atoms with Gasteiger partial charge in [-0.2, -0.15) is 0 Å². The lowest BCUT2D eigenvalue weighted by atomic mass is 9.94. The highest BCUT2D eigenvalue weighted by Crippen LogP contribution is 2.39. The number of hydrogen-bond donors (Lipinski definition) is 1. The molecule has 60 heavy (non-hydrogen) atoms. The number of carbonyl (C=O) groups excluding carboxylic acids is 3. The highest BCUT2D eigenvalue weighted by Gasteiger charge is 2.34. The van der Waals surface area contributed by atoms with Crippen LogP contribution in [0, 0.1) is 23.3 Å². The van der Waals surface area contributed by atoms with Gasteiger partial charge in [-0.15, -0.1) is 12.4 Å². The third-order valence-corrected chi connectivity index (χ3v) is 10.7. The fourth-order valence-corrected chi connectivity index (χ4v) is 8.13. The number of rotatable bonds is 8. The second-order valence-corrected chi connectivity index (χ2v) is 16.4. The van der Waals surface area contributed by atoms with Crippen molar-refractivity contribution < 1.29 is 45.5 Å². The Kier molecular flexibility index (Phi) is 13.3. The SMILES string of the molecule is CC(=O)c1oc2c(C3CCN(C(=O)OC(C)(C)C)C3)cc(F)cc2c1Cc1cccc(F)c1.CC(=O)c1oc2c(C3CCNC3)cc(F)cc2c1Cc1cccc(F)c1.Cl. The number of fused-ring (bicyclic) bond motifs is 2. The number of hydrogen-bond acceptors (Lipinski definition) is 7. The maximum Gasteiger partial charge on any atom is 0.410 e. The van der Waals surface area contributed by atoms with Crippen molar-refractivity contribution >= 4 is 52.0 Å². The average molecular weight is 847 g/mol. The summed E-state index contributed by atoms with van der Waals surface area (Å²) in [6.45, 7) is 10.7. The van der Waals surface area contributed by atoms with Gasteiger partial charge >= 0.3 is 6.09 Å². The first-order valence-electron chi connectivity index (χ1n) is 19.7. The summed E-state index contributed by atoms with van der Waals surface area (Å²) in [5.41, 5.74) is 4.31. The van der Waals surface area contributed by atoms with Crippen molar-refractivity contribution in [2.75, 3.05) is 26.2 Å². The topological polar surface area (TPSA) is 102 Å². The van der Waals surface area contributed by atoms with Crippen molar-refractivity contribution in [2.24, 2.45) is 0 Å². The monoisotopic (exact) mass is 846 g/mol. The van der Waals surface area contributed by atoms with Crippen LogP contribution in [-0.4, -0.2) is 54.3 Å². The molecule has 8 nitrogen and oxygen atoms in total. The Bertz CT molecular complexity index is 2570. The smallest absolute Gasteiger partial charge is 0.410 e. The molecule has 0 bridgehead atoms. The van der Waals surface area contributed by atoms with E-state index in [0.29, 0.717) is 75.7 Å². The van der Waals surface area contributed by atoms with E-state index in [1.54, 1.807) is 49.9 Å². The molecular formula is C47H47ClF4N2O6. The molecule has 1 N–H and O–H groups in total. The van der Waals surface area contributed by atoms with E-state index in [2.05, 4.69) is 5.32 Å². The van der Waals surface area contributed by atoms with Crippen LogP contribution in [0.3, 0.4) is 0 Å². The molecule has 2 aliphatic rings. The third kappa shape index (κ3) is 9.77. The number of Topliss-reactive ketones (excluding diaryl/α,β-unsaturated/α-hetero) is 2. The van der Waals surface area contributed by atoms with Crippen LogP contribution < -0.4 is 5.32 Å². The van der Waals surface area contributed by atoms with Crippen LogP contribution in [0.15, 0.2) is 81.6 Å². The second kappa shape index (κ2) is 18.0. The molecule has 0 spiro atoms. The predicted octanol–water partition coefficient (Wildman–Crippen LogP) is 11.2. The zero-order chi connectivity index (χ0) is 42.2. The van der Waals surface area contributed by atoms with E-state index in [1.807, 2.05) is 0 Å². The number of likely N-dealkylation sites (tertiary alicyclic amines) is 1. The molecule has 2 fully saturated rings. The minimum Gasteiger partial charge on any atom is -0.452 e. The van der Waals surface area contributed by atoms with Crippen LogP contribution in [0.5, 0.6) is 0 Å². The first-order valence-corrected chi connectivity index (χ1v) is 19.7. The normalized spacial score (nSPS) is 16.4.